The van der Waals surface area contributed by atoms with Crippen LogP contribution in [-0.2, 0) is 0 Å². The summed E-state index contributed by atoms with van der Waals surface area (Å²) in [5.74, 6) is 4.38. The lowest BCUT2D eigenvalue weighted by Gasteiger charge is -2.36. The normalized spacial score (nSPS) is 37.9. The number of hydrogen-bond donors (Lipinski definition) is 1. The summed E-state index contributed by atoms with van der Waals surface area (Å²) in [5, 5.41) is 10.4. The molecule has 1 nitrogen and oxygen atoms in total. The molecule has 0 saturated heterocycles. The molecule has 14 heavy (non-hydrogen) atoms. The van der Waals surface area contributed by atoms with Gasteiger partial charge < -0.3 is 5.11 Å². The molecule has 0 aliphatic heterocycles. The van der Waals surface area contributed by atoms with Gasteiger partial charge in [-0.1, -0.05) is 6.42 Å². The fourth-order valence-electron chi connectivity index (χ4n) is 2.89. The number of terminal acetylenes is 1. The molecule has 0 heterocycles. The average Bonchev–Trinajstić information content (AvgIpc) is 2.98. The van der Waals surface area contributed by atoms with Crippen LogP contribution in [0.25, 0.3) is 0 Å². The molecule has 0 aromatic rings. The Morgan fingerprint density at radius 3 is 2.71 bits per heavy atom. The lowest BCUT2D eigenvalue weighted by atomic mass is 9.74. The zero-order chi connectivity index (χ0) is 10.0. The van der Waals surface area contributed by atoms with E-state index in [0.717, 1.165) is 37.5 Å². The van der Waals surface area contributed by atoms with Crippen molar-refractivity contribution in [1.29, 1.82) is 0 Å². The Balaban J connectivity index is 1.88. The molecule has 2 aliphatic carbocycles. The third kappa shape index (κ3) is 2.30. The zero-order valence-electron chi connectivity index (χ0n) is 8.84. The summed E-state index contributed by atoms with van der Waals surface area (Å²) in [6, 6.07) is 0. The molecular weight excluding hydrogens is 172 g/mol. The van der Waals surface area contributed by atoms with E-state index in [1.54, 1.807) is 0 Å². The lowest BCUT2D eigenvalue weighted by molar-refractivity contribution is -0.0257. The van der Waals surface area contributed by atoms with E-state index in [2.05, 4.69) is 5.92 Å². The maximum atomic E-state index is 10.4. The van der Waals surface area contributed by atoms with Crippen LogP contribution in [0.4, 0.5) is 0 Å². The maximum absolute atomic E-state index is 10.4. The molecule has 2 rings (SSSR count). The minimum Gasteiger partial charge on any atom is -0.390 e. The smallest absolute Gasteiger partial charge is 0.0659 e. The Morgan fingerprint density at radius 1 is 1.29 bits per heavy atom. The van der Waals surface area contributed by atoms with E-state index >= 15 is 0 Å². The van der Waals surface area contributed by atoms with Gasteiger partial charge in [0.2, 0.25) is 0 Å². The van der Waals surface area contributed by atoms with E-state index < -0.39 is 5.60 Å². The van der Waals surface area contributed by atoms with Crippen LogP contribution in [0.5, 0.6) is 0 Å². The van der Waals surface area contributed by atoms with Crippen LogP contribution < -0.4 is 0 Å². The Morgan fingerprint density at radius 2 is 2.07 bits per heavy atom. The van der Waals surface area contributed by atoms with Gasteiger partial charge in [0.1, 0.15) is 0 Å². The van der Waals surface area contributed by atoms with Gasteiger partial charge in [-0.05, 0) is 50.4 Å². The van der Waals surface area contributed by atoms with Gasteiger partial charge in [-0.25, -0.2) is 0 Å². The van der Waals surface area contributed by atoms with E-state index in [0.29, 0.717) is 0 Å². The van der Waals surface area contributed by atoms with Crippen LogP contribution in [0.3, 0.4) is 0 Å². The molecule has 0 aromatic carbocycles. The lowest BCUT2D eigenvalue weighted by Crippen LogP contribution is -2.35. The highest BCUT2D eigenvalue weighted by atomic mass is 16.3. The van der Waals surface area contributed by atoms with E-state index in [1.807, 2.05) is 0 Å². The first-order chi connectivity index (χ1) is 6.73. The topological polar surface area (TPSA) is 20.2 Å². The number of rotatable bonds is 3. The van der Waals surface area contributed by atoms with Crippen LogP contribution in [0.1, 0.15) is 51.4 Å². The van der Waals surface area contributed by atoms with E-state index in [1.165, 1.54) is 25.7 Å². The Labute approximate surface area is 86.9 Å². The summed E-state index contributed by atoms with van der Waals surface area (Å²) in [5.41, 5.74) is -0.419. The van der Waals surface area contributed by atoms with Crippen molar-refractivity contribution in [3.8, 4) is 12.3 Å². The first-order valence-electron chi connectivity index (χ1n) is 5.89. The average molecular weight is 192 g/mol. The summed E-state index contributed by atoms with van der Waals surface area (Å²) in [4.78, 5) is 0. The van der Waals surface area contributed by atoms with Gasteiger partial charge >= 0.3 is 0 Å². The Hall–Kier alpha value is -0.480. The van der Waals surface area contributed by atoms with Gasteiger partial charge in [0.05, 0.1) is 5.60 Å². The Kier molecular flexibility index (Phi) is 2.83. The predicted molar refractivity (Wildman–Crippen MR) is 57.7 cm³/mol. The highest BCUT2D eigenvalue weighted by Gasteiger charge is 2.40. The van der Waals surface area contributed by atoms with Crippen LogP contribution in [-0.4, -0.2) is 10.7 Å². The quantitative estimate of drug-likeness (QED) is 0.682. The van der Waals surface area contributed by atoms with E-state index in [4.69, 9.17) is 6.42 Å². The zero-order valence-corrected chi connectivity index (χ0v) is 8.84. The molecule has 1 heteroatoms. The highest BCUT2D eigenvalue weighted by Crippen LogP contribution is 2.47. The van der Waals surface area contributed by atoms with Crippen molar-refractivity contribution >= 4 is 0 Å². The fourth-order valence-corrected chi connectivity index (χ4v) is 2.89. The third-order valence-corrected chi connectivity index (χ3v) is 3.88. The second-order valence-electron chi connectivity index (χ2n) is 5.12. The fraction of sp³-hybridized carbons (Fsp3) is 0.846. The molecule has 2 aliphatic rings. The first kappa shape index (κ1) is 10.1. The number of aliphatic hydroxyl groups is 1. The highest BCUT2D eigenvalue weighted by molar-refractivity contribution is 4.95. The van der Waals surface area contributed by atoms with Crippen molar-refractivity contribution < 1.29 is 5.11 Å². The van der Waals surface area contributed by atoms with Crippen molar-refractivity contribution in [3.05, 3.63) is 0 Å². The van der Waals surface area contributed by atoms with Crippen molar-refractivity contribution in [1.82, 2.24) is 0 Å². The summed E-state index contributed by atoms with van der Waals surface area (Å²) < 4.78 is 0. The maximum Gasteiger partial charge on any atom is 0.0659 e. The largest absolute Gasteiger partial charge is 0.390 e. The molecular formula is C13H20O. The molecule has 2 saturated carbocycles. The van der Waals surface area contributed by atoms with Crippen LogP contribution in [0.15, 0.2) is 0 Å². The van der Waals surface area contributed by atoms with Crippen molar-refractivity contribution in [3.63, 3.8) is 0 Å². The van der Waals surface area contributed by atoms with Crippen LogP contribution in [0, 0.1) is 24.2 Å². The Bertz CT molecular complexity index is 236. The standard InChI is InChI=1S/C13H20O/c1-2-3-8-13(14)9-4-5-12(10-13)11-6-7-11/h1,11-12,14H,3-10H2. The molecule has 1 N–H and O–H groups in total. The van der Waals surface area contributed by atoms with Gasteiger partial charge in [0, 0.05) is 6.42 Å². The van der Waals surface area contributed by atoms with Gasteiger partial charge in [-0.3, -0.25) is 0 Å². The molecule has 0 radical (unpaired) electrons. The van der Waals surface area contributed by atoms with Crippen LogP contribution >= 0.6 is 0 Å². The van der Waals surface area contributed by atoms with Gasteiger partial charge in [-0.2, -0.15) is 0 Å². The second-order valence-corrected chi connectivity index (χ2v) is 5.12. The van der Waals surface area contributed by atoms with Gasteiger partial charge in [0.25, 0.3) is 0 Å². The molecule has 0 spiro atoms. The third-order valence-electron chi connectivity index (χ3n) is 3.88. The summed E-state index contributed by atoms with van der Waals surface area (Å²) in [6.07, 6.45) is 14.1. The van der Waals surface area contributed by atoms with Crippen molar-refractivity contribution in [2.75, 3.05) is 0 Å². The summed E-state index contributed by atoms with van der Waals surface area (Å²) in [7, 11) is 0. The van der Waals surface area contributed by atoms with Crippen LogP contribution in [0.2, 0.25) is 0 Å². The minimum absolute atomic E-state index is 0.419. The summed E-state index contributed by atoms with van der Waals surface area (Å²) >= 11 is 0. The first-order valence-corrected chi connectivity index (χ1v) is 5.89. The molecule has 78 valence electrons. The van der Waals surface area contributed by atoms with Crippen molar-refractivity contribution in [2.45, 2.75) is 57.0 Å². The van der Waals surface area contributed by atoms with E-state index in [-0.39, 0.29) is 0 Å². The SMILES string of the molecule is C#CCCC1(O)CCCC(C2CC2)C1. The van der Waals surface area contributed by atoms with E-state index in [9.17, 15) is 5.11 Å². The predicted octanol–water partition coefficient (Wildman–Crippen LogP) is 2.73. The van der Waals surface area contributed by atoms with Gasteiger partial charge in [-0.15, -0.1) is 12.3 Å². The second kappa shape index (κ2) is 3.95. The molecule has 0 bridgehead atoms. The van der Waals surface area contributed by atoms with Gasteiger partial charge in [0.15, 0.2) is 0 Å². The minimum atomic E-state index is -0.419. The molecule has 0 aromatic heterocycles. The molecule has 0 amide bonds. The molecule has 2 unspecified atom stereocenters. The van der Waals surface area contributed by atoms with Crippen molar-refractivity contribution in [2.24, 2.45) is 11.8 Å². The molecule has 2 atom stereocenters. The molecule has 2 fully saturated rings. The monoisotopic (exact) mass is 192 g/mol. The number of hydrogen-bond acceptors (Lipinski definition) is 1. The summed E-state index contributed by atoms with van der Waals surface area (Å²) in [6.45, 7) is 0.